The van der Waals surface area contributed by atoms with Gasteiger partial charge in [-0.1, -0.05) is 5.11 Å². The van der Waals surface area contributed by atoms with Crippen LogP contribution < -0.4 is 0 Å². The van der Waals surface area contributed by atoms with Crippen LogP contribution in [0.15, 0.2) is 5.11 Å². The molecule has 1 fully saturated rings. The number of nitrogens with zero attached hydrogens (tertiary/aromatic N) is 3. The van der Waals surface area contributed by atoms with Crippen LogP contribution in [0.4, 0.5) is 0 Å². The first-order valence-electron chi connectivity index (χ1n) is 3.05. The minimum absolute atomic E-state index is 0.183. The molecule has 0 aromatic carbocycles. The van der Waals surface area contributed by atoms with Crippen molar-refractivity contribution in [3.8, 4) is 0 Å². The van der Waals surface area contributed by atoms with Crippen molar-refractivity contribution in [2.24, 2.45) is 5.11 Å². The van der Waals surface area contributed by atoms with Gasteiger partial charge in [-0.2, -0.15) is 11.8 Å². The van der Waals surface area contributed by atoms with E-state index in [9.17, 15) is 0 Å². The first kappa shape index (κ1) is 8.11. The molecule has 0 aromatic rings. The summed E-state index contributed by atoms with van der Waals surface area (Å²) in [6, 6.07) is 0. The summed E-state index contributed by atoms with van der Waals surface area (Å²) in [4.78, 5) is 2.64. The third kappa shape index (κ3) is 2.01. The number of thioether (sulfide) groups is 2. The summed E-state index contributed by atoms with van der Waals surface area (Å²) in [6.45, 7) is 1.99. The number of hydrogen-bond donors (Lipinski definition) is 0. The molecular weight excluding hydrogens is 166 g/mol. The highest BCUT2D eigenvalue weighted by Crippen LogP contribution is 2.35. The van der Waals surface area contributed by atoms with E-state index >= 15 is 0 Å². The van der Waals surface area contributed by atoms with Gasteiger partial charge >= 0.3 is 0 Å². The van der Waals surface area contributed by atoms with Crippen LogP contribution in [0.5, 0.6) is 0 Å². The topological polar surface area (TPSA) is 48.8 Å². The lowest BCUT2D eigenvalue weighted by Crippen LogP contribution is -2.24. The van der Waals surface area contributed by atoms with Crippen molar-refractivity contribution in [1.29, 1.82) is 0 Å². The van der Waals surface area contributed by atoms with Gasteiger partial charge in [0.2, 0.25) is 0 Å². The second-order valence-corrected chi connectivity index (χ2v) is 4.95. The highest BCUT2D eigenvalue weighted by Gasteiger charge is 2.26. The lowest BCUT2D eigenvalue weighted by molar-refractivity contribution is 0.758. The van der Waals surface area contributed by atoms with Gasteiger partial charge in [-0.25, -0.2) is 0 Å². The van der Waals surface area contributed by atoms with Gasteiger partial charge in [-0.05, 0) is 12.5 Å². The fourth-order valence-electron chi connectivity index (χ4n) is 0.776. The van der Waals surface area contributed by atoms with Gasteiger partial charge in [-0.3, -0.25) is 0 Å². The highest BCUT2D eigenvalue weighted by molar-refractivity contribution is 8.07. The van der Waals surface area contributed by atoms with Crippen molar-refractivity contribution in [2.75, 3.05) is 17.3 Å². The molecule has 3 nitrogen and oxygen atoms in total. The van der Waals surface area contributed by atoms with Crippen molar-refractivity contribution in [3.05, 3.63) is 10.4 Å². The zero-order valence-corrected chi connectivity index (χ0v) is 7.41. The minimum atomic E-state index is -0.183. The third-order valence-electron chi connectivity index (χ3n) is 1.27. The lowest BCUT2D eigenvalue weighted by Gasteiger charge is -2.26. The quantitative estimate of drug-likeness (QED) is 0.349. The molecule has 0 amide bonds. The number of rotatable bonds is 1. The van der Waals surface area contributed by atoms with E-state index in [0.29, 0.717) is 0 Å². The molecule has 0 bridgehead atoms. The molecule has 0 spiro atoms. The fraction of sp³-hybridized carbons (Fsp3) is 1.00. The van der Waals surface area contributed by atoms with Gasteiger partial charge in [0, 0.05) is 22.2 Å². The first-order chi connectivity index (χ1) is 4.77. The monoisotopic (exact) mass is 175 g/mol. The Morgan fingerprint density at radius 1 is 1.60 bits per heavy atom. The van der Waals surface area contributed by atoms with Crippen LogP contribution in [-0.2, 0) is 0 Å². The molecule has 56 valence electrons. The second kappa shape index (κ2) is 3.42. The van der Waals surface area contributed by atoms with Gasteiger partial charge in [-0.15, -0.1) is 11.8 Å². The predicted molar refractivity (Wildman–Crippen MR) is 47.3 cm³/mol. The normalized spacial score (nSPS) is 32.9. The van der Waals surface area contributed by atoms with Crippen LogP contribution in [0.1, 0.15) is 6.92 Å². The molecule has 1 aliphatic rings. The third-order valence-corrected chi connectivity index (χ3v) is 4.22. The summed E-state index contributed by atoms with van der Waals surface area (Å²) in [5, 5.41) is 3.74. The van der Waals surface area contributed by atoms with E-state index in [0.717, 1.165) is 11.5 Å². The van der Waals surface area contributed by atoms with E-state index in [-0.39, 0.29) is 4.87 Å². The first-order valence-corrected chi connectivity index (χ1v) is 5.19. The van der Waals surface area contributed by atoms with Crippen molar-refractivity contribution >= 4 is 23.5 Å². The molecular formula is C5H9N3S2. The van der Waals surface area contributed by atoms with Gasteiger partial charge in [0.1, 0.15) is 4.87 Å². The summed E-state index contributed by atoms with van der Waals surface area (Å²) in [5.41, 5.74) is 8.22. The van der Waals surface area contributed by atoms with Crippen molar-refractivity contribution in [2.45, 2.75) is 11.8 Å². The highest BCUT2D eigenvalue weighted by atomic mass is 32.2. The molecule has 1 rings (SSSR count). The smallest absolute Gasteiger partial charge is 0.101 e. The molecule has 1 saturated heterocycles. The van der Waals surface area contributed by atoms with Crippen molar-refractivity contribution < 1.29 is 0 Å². The molecule has 1 aliphatic heterocycles. The molecule has 1 atom stereocenters. The maximum Gasteiger partial charge on any atom is 0.101 e. The van der Waals surface area contributed by atoms with E-state index < -0.39 is 0 Å². The summed E-state index contributed by atoms with van der Waals surface area (Å²) >= 11 is 3.60. The van der Waals surface area contributed by atoms with E-state index in [4.69, 9.17) is 5.53 Å². The van der Waals surface area contributed by atoms with Gasteiger partial charge in [0.05, 0.1) is 0 Å². The SMILES string of the molecule is CC1(N=[N+]=[N-])CSCCS1. The van der Waals surface area contributed by atoms with E-state index in [2.05, 4.69) is 10.0 Å². The van der Waals surface area contributed by atoms with Crippen LogP contribution in [-0.4, -0.2) is 22.1 Å². The van der Waals surface area contributed by atoms with Gasteiger partial charge < -0.3 is 0 Å². The molecule has 0 aromatic heterocycles. The summed E-state index contributed by atoms with van der Waals surface area (Å²) in [7, 11) is 0. The largest absolute Gasteiger partial charge is 0.160 e. The minimum Gasteiger partial charge on any atom is -0.160 e. The lowest BCUT2D eigenvalue weighted by atomic mass is 10.4. The molecule has 5 heteroatoms. The van der Waals surface area contributed by atoms with E-state index in [1.807, 2.05) is 18.7 Å². The Kier molecular flexibility index (Phi) is 2.77. The molecule has 0 aliphatic carbocycles. The standard InChI is InChI=1S/C5H9N3S2/c1-5(7-8-6)4-9-2-3-10-5/h2-4H2,1H3. The van der Waals surface area contributed by atoms with E-state index in [1.165, 1.54) is 5.75 Å². The van der Waals surface area contributed by atoms with Crippen LogP contribution in [0.25, 0.3) is 10.4 Å². The van der Waals surface area contributed by atoms with Crippen LogP contribution in [0, 0.1) is 0 Å². The average molecular weight is 175 g/mol. The Balaban J connectivity index is 2.56. The maximum absolute atomic E-state index is 8.22. The zero-order chi connectivity index (χ0) is 7.45. The molecule has 0 saturated carbocycles. The number of hydrogen-bond acceptors (Lipinski definition) is 3. The Bertz CT molecular complexity index is 158. The zero-order valence-electron chi connectivity index (χ0n) is 5.78. The second-order valence-electron chi connectivity index (χ2n) is 2.27. The molecule has 1 heterocycles. The molecule has 1 unspecified atom stereocenters. The van der Waals surface area contributed by atoms with Crippen molar-refractivity contribution in [1.82, 2.24) is 0 Å². The van der Waals surface area contributed by atoms with Crippen molar-refractivity contribution in [3.63, 3.8) is 0 Å². The summed E-state index contributed by atoms with van der Waals surface area (Å²) in [5.74, 6) is 3.23. The van der Waals surface area contributed by atoms with E-state index in [1.54, 1.807) is 11.8 Å². The Morgan fingerprint density at radius 2 is 2.40 bits per heavy atom. The Hall–Kier alpha value is 0.0100. The molecule has 0 radical (unpaired) electrons. The average Bonchev–Trinajstić information content (AvgIpc) is 1.89. The number of azide groups is 1. The Morgan fingerprint density at radius 3 is 2.90 bits per heavy atom. The molecule has 10 heavy (non-hydrogen) atoms. The summed E-state index contributed by atoms with van der Waals surface area (Å²) < 4.78 is 0. The summed E-state index contributed by atoms with van der Waals surface area (Å²) in [6.07, 6.45) is 0. The maximum atomic E-state index is 8.22. The molecule has 0 N–H and O–H groups in total. The van der Waals surface area contributed by atoms with Gasteiger partial charge in [0.25, 0.3) is 0 Å². The fourth-order valence-corrected chi connectivity index (χ4v) is 3.28. The van der Waals surface area contributed by atoms with Gasteiger partial charge in [0.15, 0.2) is 0 Å². The van der Waals surface area contributed by atoms with Crippen LogP contribution >= 0.6 is 23.5 Å². The predicted octanol–water partition coefficient (Wildman–Crippen LogP) is 2.49. The van der Waals surface area contributed by atoms with Crippen LogP contribution in [0.2, 0.25) is 0 Å². The van der Waals surface area contributed by atoms with Crippen LogP contribution in [0.3, 0.4) is 0 Å². The Labute approximate surface area is 68.6 Å².